The average molecular weight is 551 g/mol. The van der Waals surface area contributed by atoms with Crippen LogP contribution in [0.4, 0.5) is 0 Å². The molecule has 0 saturated carbocycles. The van der Waals surface area contributed by atoms with Crippen molar-refractivity contribution in [3.8, 4) is 28.7 Å². The number of benzene rings is 3. The number of carbonyl (C=O) groups is 1. The van der Waals surface area contributed by atoms with E-state index in [4.69, 9.17) is 4.74 Å². The molecule has 41 heavy (non-hydrogen) atoms. The van der Waals surface area contributed by atoms with Crippen molar-refractivity contribution in [3.63, 3.8) is 0 Å². The van der Waals surface area contributed by atoms with Gasteiger partial charge in [-0.3, -0.25) is 4.79 Å². The van der Waals surface area contributed by atoms with Crippen LogP contribution >= 0.6 is 0 Å². The minimum Gasteiger partial charge on any atom is -0.497 e. The van der Waals surface area contributed by atoms with Crippen LogP contribution in [-0.4, -0.2) is 48.5 Å². The Balaban J connectivity index is 1.49. The van der Waals surface area contributed by atoms with E-state index < -0.39 is 0 Å². The van der Waals surface area contributed by atoms with Gasteiger partial charge in [0.25, 0.3) is 5.91 Å². The van der Waals surface area contributed by atoms with Crippen LogP contribution in [0.3, 0.4) is 0 Å². The highest BCUT2D eigenvalue weighted by Crippen LogP contribution is 2.26. The SMILES string of the molecule is CCCCC#Cc1ccc(C(=O)N(Cc2ccc(-c3ccc(OC)cc3)cc2)C2CCN(CCC(C)C)CC2)cc1. The van der Waals surface area contributed by atoms with Gasteiger partial charge in [0.15, 0.2) is 0 Å². The molecule has 0 atom stereocenters. The standard InChI is InChI=1S/C37H46N2O2/c1-5-6-7-8-9-30-10-16-34(17-11-30)37(40)39(35-23-26-38(27-24-35)25-22-29(2)3)28-31-12-14-32(15-13-31)33-18-20-36(41-4)21-19-33/h10-21,29,35H,5-7,22-28H2,1-4H3. The van der Waals surface area contributed by atoms with Crippen molar-refractivity contribution >= 4 is 5.91 Å². The monoisotopic (exact) mass is 550 g/mol. The van der Waals surface area contributed by atoms with E-state index in [1.165, 1.54) is 6.42 Å². The number of rotatable bonds is 11. The number of ether oxygens (including phenoxy) is 1. The molecule has 0 bridgehead atoms. The fourth-order valence-corrected chi connectivity index (χ4v) is 5.34. The van der Waals surface area contributed by atoms with Crippen LogP contribution in [0.5, 0.6) is 5.75 Å². The first-order chi connectivity index (χ1) is 20.0. The fraction of sp³-hybridized carbons (Fsp3) is 0.432. The zero-order chi connectivity index (χ0) is 29.0. The second-order valence-electron chi connectivity index (χ2n) is 11.6. The van der Waals surface area contributed by atoms with E-state index in [0.29, 0.717) is 12.5 Å². The third-order valence-corrected chi connectivity index (χ3v) is 8.03. The number of amides is 1. The smallest absolute Gasteiger partial charge is 0.254 e. The Morgan fingerprint density at radius 3 is 2.17 bits per heavy atom. The quantitative estimate of drug-likeness (QED) is 0.179. The van der Waals surface area contributed by atoms with Gasteiger partial charge in [-0.1, -0.05) is 75.4 Å². The molecule has 3 aromatic carbocycles. The Labute approximate surface area is 247 Å². The summed E-state index contributed by atoms with van der Waals surface area (Å²) in [7, 11) is 1.68. The van der Waals surface area contributed by atoms with Gasteiger partial charge in [0.2, 0.25) is 0 Å². The average Bonchev–Trinajstić information content (AvgIpc) is 3.01. The number of piperidine rings is 1. The van der Waals surface area contributed by atoms with Crippen molar-refractivity contribution < 1.29 is 9.53 Å². The topological polar surface area (TPSA) is 32.8 Å². The summed E-state index contributed by atoms with van der Waals surface area (Å²) >= 11 is 0. The maximum Gasteiger partial charge on any atom is 0.254 e. The number of unbranched alkanes of at least 4 members (excludes halogenated alkanes) is 2. The molecule has 216 valence electrons. The van der Waals surface area contributed by atoms with Gasteiger partial charge in [-0.2, -0.15) is 0 Å². The molecule has 1 heterocycles. The number of hydrogen-bond donors (Lipinski definition) is 0. The zero-order valence-electron chi connectivity index (χ0n) is 25.4. The van der Waals surface area contributed by atoms with E-state index in [2.05, 4.69) is 78.8 Å². The summed E-state index contributed by atoms with van der Waals surface area (Å²) < 4.78 is 5.30. The van der Waals surface area contributed by atoms with Gasteiger partial charge in [-0.15, -0.1) is 0 Å². The third-order valence-electron chi connectivity index (χ3n) is 8.03. The molecule has 0 aromatic heterocycles. The van der Waals surface area contributed by atoms with Crippen molar-refractivity contribution in [2.75, 3.05) is 26.7 Å². The molecule has 4 nitrogen and oxygen atoms in total. The predicted molar refractivity (Wildman–Crippen MR) is 170 cm³/mol. The normalized spacial score (nSPS) is 14.0. The highest BCUT2D eigenvalue weighted by Gasteiger charge is 2.29. The molecule has 1 amide bonds. The Morgan fingerprint density at radius 1 is 0.951 bits per heavy atom. The van der Waals surface area contributed by atoms with Crippen molar-refractivity contribution in [3.05, 3.63) is 89.5 Å². The van der Waals surface area contributed by atoms with Crippen molar-refractivity contribution in [2.45, 2.75) is 71.9 Å². The lowest BCUT2D eigenvalue weighted by molar-refractivity contribution is 0.0546. The lowest BCUT2D eigenvalue weighted by Gasteiger charge is -2.39. The summed E-state index contributed by atoms with van der Waals surface area (Å²) in [5.74, 6) is 8.16. The van der Waals surface area contributed by atoms with Gasteiger partial charge in [0, 0.05) is 43.2 Å². The number of carbonyl (C=O) groups excluding carboxylic acids is 1. The van der Waals surface area contributed by atoms with Gasteiger partial charge in [0.1, 0.15) is 5.75 Å². The zero-order valence-corrected chi connectivity index (χ0v) is 25.4. The maximum absolute atomic E-state index is 14.0. The van der Waals surface area contributed by atoms with Crippen molar-refractivity contribution in [1.29, 1.82) is 0 Å². The van der Waals surface area contributed by atoms with Crippen LogP contribution in [0.1, 0.15) is 80.8 Å². The van der Waals surface area contributed by atoms with Crippen molar-refractivity contribution in [1.82, 2.24) is 9.80 Å². The Bertz CT molecular complexity index is 1280. The van der Waals surface area contributed by atoms with Gasteiger partial charge >= 0.3 is 0 Å². The first-order valence-corrected chi connectivity index (χ1v) is 15.3. The summed E-state index contributed by atoms with van der Waals surface area (Å²) in [4.78, 5) is 18.6. The number of hydrogen-bond acceptors (Lipinski definition) is 3. The molecule has 0 aliphatic carbocycles. The minimum atomic E-state index is 0.107. The third kappa shape index (κ3) is 8.97. The van der Waals surface area contributed by atoms with E-state index in [-0.39, 0.29) is 11.9 Å². The molecule has 0 spiro atoms. The molecular formula is C37H46N2O2. The molecule has 4 heteroatoms. The molecular weight excluding hydrogens is 504 g/mol. The lowest BCUT2D eigenvalue weighted by Crippen LogP contribution is -2.47. The van der Waals surface area contributed by atoms with E-state index >= 15 is 0 Å². The van der Waals surface area contributed by atoms with Crippen LogP contribution in [-0.2, 0) is 6.54 Å². The summed E-state index contributed by atoms with van der Waals surface area (Å²) in [5, 5.41) is 0. The second-order valence-corrected chi connectivity index (χ2v) is 11.6. The van der Waals surface area contributed by atoms with Gasteiger partial charge in [-0.25, -0.2) is 0 Å². The number of nitrogens with zero attached hydrogens (tertiary/aromatic N) is 2. The lowest BCUT2D eigenvalue weighted by atomic mass is 9.99. The molecule has 1 aliphatic heterocycles. The van der Waals surface area contributed by atoms with Crippen LogP contribution in [0.15, 0.2) is 72.8 Å². The van der Waals surface area contributed by atoms with Crippen LogP contribution < -0.4 is 4.74 Å². The molecule has 1 aliphatic rings. The maximum atomic E-state index is 14.0. The molecule has 3 aromatic rings. The fourth-order valence-electron chi connectivity index (χ4n) is 5.34. The predicted octanol–water partition coefficient (Wildman–Crippen LogP) is 8.06. The number of likely N-dealkylation sites (tertiary alicyclic amines) is 1. The van der Waals surface area contributed by atoms with E-state index in [1.807, 2.05) is 36.4 Å². The van der Waals surface area contributed by atoms with Crippen LogP contribution in [0.2, 0.25) is 0 Å². The molecule has 0 N–H and O–H groups in total. The van der Waals surface area contributed by atoms with Crippen molar-refractivity contribution in [2.24, 2.45) is 5.92 Å². The van der Waals surface area contributed by atoms with Crippen LogP contribution in [0, 0.1) is 17.8 Å². The number of methoxy groups -OCH3 is 1. The van der Waals surface area contributed by atoms with E-state index in [9.17, 15) is 4.79 Å². The highest BCUT2D eigenvalue weighted by molar-refractivity contribution is 5.94. The van der Waals surface area contributed by atoms with E-state index in [0.717, 1.165) is 85.3 Å². The second kappa shape index (κ2) is 15.5. The Morgan fingerprint density at radius 2 is 1.59 bits per heavy atom. The first kappa shape index (κ1) is 30.4. The summed E-state index contributed by atoms with van der Waals surface area (Å²) in [6, 6.07) is 24.9. The summed E-state index contributed by atoms with van der Waals surface area (Å²) in [6.45, 7) is 10.6. The minimum absolute atomic E-state index is 0.107. The Kier molecular flexibility index (Phi) is 11.5. The Hall–Kier alpha value is -3.55. The van der Waals surface area contributed by atoms with Gasteiger partial charge in [0.05, 0.1) is 7.11 Å². The van der Waals surface area contributed by atoms with Gasteiger partial charge in [-0.05, 0) is 91.2 Å². The largest absolute Gasteiger partial charge is 0.497 e. The first-order valence-electron chi connectivity index (χ1n) is 15.3. The molecule has 0 radical (unpaired) electrons. The molecule has 0 unspecified atom stereocenters. The molecule has 4 rings (SSSR count). The van der Waals surface area contributed by atoms with Gasteiger partial charge < -0.3 is 14.5 Å². The van der Waals surface area contributed by atoms with Crippen LogP contribution in [0.25, 0.3) is 11.1 Å². The molecule has 1 saturated heterocycles. The highest BCUT2D eigenvalue weighted by atomic mass is 16.5. The van der Waals surface area contributed by atoms with E-state index in [1.54, 1.807) is 7.11 Å². The summed E-state index contributed by atoms with van der Waals surface area (Å²) in [5.41, 5.74) is 5.16. The molecule has 1 fully saturated rings. The summed E-state index contributed by atoms with van der Waals surface area (Å²) in [6.07, 6.45) is 6.43.